The number of ketones is 2. The van der Waals surface area contributed by atoms with Gasteiger partial charge in [0.05, 0.1) is 5.57 Å². The van der Waals surface area contributed by atoms with Crippen molar-refractivity contribution in [2.75, 3.05) is 0 Å². The predicted octanol–water partition coefficient (Wildman–Crippen LogP) is 5.71. The zero-order chi connectivity index (χ0) is 22.0. The third kappa shape index (κ3) is 2.56. The third-order valence-electron chi connectivity index (χ3n) is 6.32. The highest BCUT2D eigenvalue weighted by atomic mass is 16.5. The van der Waals surface area contributed by atoms with Gasteiger partial charge in [-0.2, -0.15) is 0 Å². The van der Waals surface area contributed by atoms with Crippen LogP contribution in [0.15, 0.2) is 90.2 Å². The number of carbonyl (C=O) groups is 2. The van der Waals surface area contributed by atoms with E-state index < -0.39 is 5.92 Å². The molecule has 0 radical (unpaired) electrons. The van der Waals surface area contributed by atoms with Crippen molar-refractivity contribution in [1.29, 1.82) is 0 Å². The maximum absolute atomic E-state index is 13.7. The van der Waals surface area contributed by atoms with Crippen LogP contribution in [0.3, 0.4) is 0 Å². The van der Waals surface area contributed by atoms with Gasteiger partial charge in [0.1, 0.15) is 11.5 Å². The van der Waals surface area contributed by atoms with E-state index in [1.807, 2.05) is 49.4 Å². The summed E-state index contributed by atoms with van der Waals surface area (Å²) in [7, 11) is 0. The molecule has 0 fully saturated rings. The van der Waals surface area contributed by atoms with Crippen molar-refractivity contribution < 1.29 is 19.4 Å². The molecule has 154 valence electrons. The number of aryl methyl sites for hydroxylation is 1. The summed E-state index contributed by atoms with van der Waals surface area (Å²) in [4.78, 5) is 27.1. The fourth-order valence-corrected chi connectivity index (χ4v) is 4.78. The standard InChI is InChI=1S/C28H18O4/c1-15-6-8-17(9-7-15)23-24-21-14-18(29)12-10-16(21)11-13-22(24)32-28-25(23)26(30)19-4-2-3-5-20(19)27(28)31/h2-14,23,29H,1H3. The van der Waals surface area contributed by atoms with E-state index in [4.69, 9.17) is 4.74 Å². The number of carbonyl (C=O) groups excluding carboxylic acids is 2. The summed E-state index contributed by atoms with van der Waals surface area (Å²) >= 11 is 0. The number of hydrogen-bond acceptors (Lipinski definition) is 4. The molecule has 0 spiro atoms. The Kier molecular flexibility index (Phi) is 3.87. The zero-order valence-corrected chi connectivity index (χ0v) is 17.3. The van der Waals surface area contributed by atoms with E-state index in [0.29, 0.717) is 22.4 Å². The van der Waals surface area contributed by atoms with Gasteiger partial charge in [-0.15, -0.1) is 0 Å². The molecule has 0 bridgehead atoms. The molecular formula is C28H18O4. The molecule has 4 aromatic rings. The molecule has 1 N–H and O–H groups in total. The molecule has 4 nitrogen and oxygen atoms in total. The topological polar surface area (TPSA) is 63.6 Å². The highest BCUT2D eigenvalue weighted by molar-refractivity contribution is 6.27. The molecule has 0 amide bonds. The van der Waals surface area contributed by atoms with Crippen LogP contribution >= 0.6 is 0 Å². The van der Waals surface area contributed by atoms with Gasteiger partial charge in [0.2, 0.25) is 5.78 Å². The number of Topliss-reactive ketones (excluding diaryl/α,β-unsaturated/α-hetero) is 2. The predicted molar refractivity (Wildman–Crippen MR) is 121 cm³/mol. The number of aromatic hydroxyl groups is 1. The van der Waals surface area contributed by atoms with Crippen LogP contribution in [0.4, 0.5) is 0 Å². The van der Waals surface area contributed by atoms with Crippen LogP contribution in [0.5, 0.6) is 11.5 Å². The molecule has 0 saturated carbocycles. The quantitative estimate of drug-likeness (QED) is 0.430. The second-order valence-electron chi connectivity index (χ2n) is 8.28. The van der Waals surface area contributed by atoms with Crippen molar-refractivity contribution in [2.45, 2.75) is 12.8 Å². The lowest BCUT2D eigenvalue weighted by atomic mass is 9.73. The van der Waals surface area contributed by atoms with Gasteiger partial charge < -0.3 is 9.84 Å². The monoisotopic (exact) mass is 418 g/mol. The Bertz CT molecular complexity index is 1490. The average molecular weight is 418 g/mol. The highest BCUT2D eigenvalue weighted by Gasteiger charge is 2.43. The first-order valence-electron chi connectivity index (χ1n) is 10.5. The van der Waals surface area contributed by atoms with Crippen molar-refractivity contribution in [3.63, 3.8) is 0 Å². The van der Waals surface area contributed by atoms with Crippen molar-refractivity contribution in [3.05, 3.63) is 118 Å². The zero-order valence-electron chi connectivity index (χ0n) is 17.3. The second-order valence-corrected chi connectivity index (χ2v) is 8.28. The molecule has 0 saturated heterocycles. The van der Waals surface area contributed by atoms with Gasteiger partial charge in [-0.25, -0.2) is 0 Å². The van der Waals surface area contributed by atoms with Gasteiger partial charge in [0.25, 0.3) is 0 Å². The van der Waals surface area contributed by atoms with Crippen molar-refractivity contribution in [3.8, 4) is 11.5 Å². The first-order valence-corrected chi connectivity index (χ1v) is 10.5. The van der Waals surface area contributed by atoms with Crippen LogP contribution in [0, 0.1) is 6.92 Å². The van der Waals surface area contributed by atoms with Gasteiger partial charge in [-0.05, 0) is 41.5 Å². The summed E-state index contributed by atoms with van der Waals surface area (Å²) < 4.78 is 6.13. The minimum absolute atomic E-state index is 0.0891. The molecule has 4 heteroatoms. The lowest BCUT2D eigenvalue weighted by Crippen LogP contribution is -2.31. The molecule has 1 aliphatic heterocycles. The number of fused-ring (bicyclic) bond motifs is 4. The minimum atomic E-state index is -0.496. The summed E-state index contributed by atoms with van der Waals surface area (Å²) in [6, 6.07) is 23.7. The summed E-state index contributed by atoms with van der Waals surface area (Å²) in [6.07, 6.45) is 0. The van der Waals surface area contributed by atoms with E-state index in [0.717, 1.165) is 27.5 Å². The van der Waals surface area contributed by atoms with E-state index in [1.54, 1.807) is 36.4 Å². The molecule has 4 aromatic carbocycles. The van der Waals surface area contributed by atoms with Gasteiger partial charge >= 0.3 is 0 Å². The molecule has 2 aliphatic rings. The SMILES string of the molecule is Cc1ccc(C2C3=C(Oc4ccc5ccc(O)cc5c42)C(=O)c2ccccc2C3=O)cc1. The van der Waals surface area contributed by atoms with Gasteiger partial charge in [-0.1, -0.05) is 66.2 Å². The van der Waals surface area contributed by atoms with Crippen LogP contribution < -0.4 is 4.74 Å². The molecule has 32 heavy (non-hydrogen) atoms. The summed E-state index contributed by atoms with van der Waals surface area (Å²) in [5, 5.41) is 11.9. The van der Waals surface area contributed by atoms with Crippen LogP contribution in [0.2, 0.25) is 0 Å². The summed E-state index contributed by atoms with van der Waals surface area (Å²) in [5.41, 5.74) is 3.87. The van der Waals surface area contributed by atoms with Gasteiger partial charge in [0, 0.05) is 22.6 Å². The number of ether oxygens (including phenoxy) is 1. The fraction of sp³-hybridized carbons (Fsp3) is 0.0714. The van der Waals surface area contributed by atoms with Gasteiger partial charge in [-0.3, -0.25) is 9.59 Å². The van der Waals surface area contributed by atoms with Crippen LogP contribution in [0.1, 0.15) is 43.3 Å². The Morgan fingerprint density at radius 3 is 2.25 bits per heavy atom. The van der Waals surface area contributed by atoms with E-state index >= 15 is 0 Å². The van der Waals surface area contributed by atoms with Gasteiger partial charge in [0.15, 0.2) is 11.5 Å². The lowest BCUT2D eigenvalue weighted by molar-refractivity contribution is 0.0927. The van der Waals surface area contributed by atoms with Crippen LogP contribution in [-0.4, -0.2) is 16.7 Å². The van der Waals surface area contributed by atoms with E-state index in [-0.39, 0.29) is 23.1 Å². The number of rotatable bonds is 1. The number of benzene rings is 4. The largest absolute Gasteiger partial charge is 0.508 e. The number of allylic oxidation sites excluding steroid dienone is 2. The fourth-order valence-electron chi connectivity index (χ4n) is 4.78. The molecule has 6 rings (SSSR count). The second kappa shape index (κ2) is 6.66. The Morgan fingerprint density at radius 2 is 1.50 bits per heavy atom. The van der Waals surface area contributed by atoms with E-state index in [1.165, 1.54) is 0 Å². The Labute approximate surface area is 184 Å². The lowest BCUT2D eigenvalue weighted by Gasteiger charge is -2.33. The van der Waals surface area contributed by atoms with Crippen molar-refractivity contribution >= 4 is 22.3 Å². The van der Waals surface area contributed by atoms with Crippen molar-refractivity contribution in [2.24, 2.45) is 0 Å². The number of phenols is 1. The minimum Gasteiger partial charge on any atom is -0.508 e. The van der Waals surface area contributed by atoms with E-state index in [2.05, 4.69) is 0 Å². The third-order valence-corrected chi connectivity index (χ3v) is 6.32. The maximum Gasteiger partial charge on any atom is 0.229 e. The summed E-state index contributed by atoms with van der Waals surface area (Å²) in [6.45, 7) is 2.01. The molecule has 1 heterocycles. The molecule has 0 aromatic heterocycles. The summed E-state index contributed by atoms with van der Waals surface area (Å²) in [5.74, 6) is -0.244. The normalized spacial score (nSPS) is 17.0. The Morgan fingerprint density at radius 1 is 0.812 bits per heavy atom. The molecule has 1 unspecified atom stereocenters. The average Bonchev–Trinajstić information content (AvgIpc) is 2.81. The Hall–Kier alpha value is -4.18. The molecule has 1 atom stereocenters. The Balaban J connectivity index is 1.70. The smallest absolute Gasteiger partial charge is 0.229 e. The number of hydrogen-bond donors (Lipinski definition) is 1. The van der Waals surface area contributed by atoms with Crippen molar-refractivity contribution in [1.82, 2.24) is 0 Å². The van der Waals surface area contributed by atoms with Crippen LogP contribution in [0.25, 0.3) is 10.8 Å². The van der Waals surface area contributed by atoms with Crippen LogP contribution in [-0.2, 0) is 0 Å². The first kappa shape index (κ1) is 18.6. The first-order chi connectivity index (χ1) is 15.5. The molecule has 1 aliphatic carbocycles. The highest BCUT2D eigenvalue weighted by Crippen LogP contribution is 2.49. The van der Waals surface area contributed by atoms with E-state index in [9.17, 15) is 14.7 Å². The molecular weight excluding hydrogens is 400 g/mol. The number of phenolic OH excluding ortho intramolecular Hbond substituents is 1. The maximum atomic E-state index is 13.7.